The fourth-order valence-corrected chi connectivity index (χ4v) is 2.42. The lowest BCUT2D eigenvalue weighted by atomic mass is 10.3. The summed E-state index contributed by atoms with van der Waals surface area (Å²) in [5.41, 5.74) is 0. The van der Waals surface area contributed by atoms with E-state index in [4.69, 9.17) is 5.11 Å². The Balaban J connectivity index is 2.44. The number of hydrogen-bond acceptors (Lipinski definition) is 3. The van der Waals surface area contributed by atoms with Crippen LogP contribution in [-0.4, -0.2) is 35.5 Å². The molecule has 0 fully saturated rings. The van der Waals surface area contributed by atoms with E-state index < -0.39 is 24.6 Å². The van der Waals surface area contributed by atoms with Crippen molar-refractivity contribution in [2.24, 2.45) is 0 Å². The molecule has 7 heteroatoms. The Morgan fingerprint density at radius 1 is 1.50 bits per heavy atom. The minimum atomic E-state index is -1.47. The number of halogens is 2. The van der Waals surface area contributed by atoms with Crippen molar-refractivity contribution in [3.63, 3.8) is 0 Å². The van der Waals surface area contributed by atoms with Crippen LogP contribution in [0.5, 0.6) is 0 Å². The van der Waals surface area contributed by atoms with Gasteiger partial charge in [0, 0.05) is 9.37 Å². The Labute approximate surface area is 116 Å². The SMILES string of the molecule is O=C(CSc1cccc(Br)c1)NC(CF)C(=O)O. The largest absolute Gasteiger partial charge is 0.480 e. The van der Waals surface area contributed by atoms with Crippen molar-refractivity contribution in [1.82, 2.24) is 5.32 Å². The topological polar surface area (TPSA) is 66.4 Å². The smallest absolute Gasteiger partial charge is 0.328 e. The number of carboxylic acids is 1. The number of alkyl halides is 1. The van der Waals surface area contributed by atoms with Crippen molar-refractivity contribution >= 4 is 39.6 Å². The first-order chi connectivity index (χ1) is 8.52. The third-order valence-electron chi connectivity index (χ3n) is 1.95. The zero-order valence-corrected chi connectivity index (χ0v) is 11.6. The number of hydrogen-bond donors (Lipinski definition) is 2. The van der Waals surface area contributed by atoms with Gasteiger partial charge in [-0.3, -0.25) is 4.79 Å². The van der Waals surface area contributed by atoms with Crippen molar-refractivity contribution < 1.29 is 19.1 Å². The highest BCUT2D eigenvalue weighted by Gasteiger charge is 2.19. The zero-order chi connectivity index (χ0) is 13.5. The lowest BCUT2D eigenvalue weighted by molar-refractivity contribution is -0.141. The van der Waals surface area contributed by atoms with Crippen molar-refractivity contribution in [2.75, 3.05) is 12.4 Å². The normalized spacial score (nSPS) is 11.9. The molecule has 0 radical (unpaired) electrons. The standard InChI is InChI=1S/C11H11BrFNO3S/c12-7-2-1-3-8(4-7)18-6-10(15)14-9(5-13)11(16)17/h1-4,9H,5-6H2,(H,14,15)(H,16,17). The molecule has 1 amide bonds. The van der Waals surface area contributed by atoms with Gasteiger partial charge in [0.05, 0.1) is 5.75 Å². The Bertz CT molecular complexity index is 444. The fourth-order valence-electron chi connectivity index (χ4n) is 1.11. The summed E-state index contributed by atoms with van der Waals surface area (Å²) in [6.07, 6.45) is 0. The molecule has 4 nitrogen and oxygen atoms in total. The highest BCUT2D eigenvalue weighted by atomic mass is 79.9. The number of amides is 1. The van der Waals surface area contributed by atoms with Crippen molar-refractivity contribution in [2.45, 2.75) is 10.9 Å². The van der Waals surface area contributed by atoms with Crippen LogP contribution in [-0.2, 0) is 9.59 Å². The van der Waals surface area contributed by atoms with Gasteiger partial charge in [0.1, 0.15) is 6.67 Å². The first-order valence-corrected chi connectivity index (χ1v) is 6.77. The third kappa shape index (κ3) is 5.05. The van der Waals surface area contributed by atoms with E-state index in [0.717, 1.165) is 9.37 Å². The second-order valence-corrected chi connectivity index (χ2v) is 5.32. The van der Waals surface area contributed by atoms with E-state index in [9.17, 15) is 14.0 Å². The second-order valence-electron chi connectivity index (χ2n) is 3.36. The highest BCUT2D eigenvalue weighted by molar-refractivity contribution is 9.10. The van der Waals surface area contributed by atoms with Crippen LogP contribution in [0.25, 0.3) is 0 Å². The lowest BCUT2D eigenvalue weighted by Gasteiger charge is -2.10. The summed E-state index contributed by atoms with van der Waals surface area (Å²) in [5.74, 6) is -1.84. The summed E-state index contributed by atoms with van der Waals surface area (Å²) in [6, 6.07) is 5.87. The maximum absolute atomic E-state index is 12.3. The van der Waals surface area contributed by atoms with E-state index >= 15 is 0 Å². The van der Waals surface area contributed by atoms with Gasteiger partial charge in [-0.05, 0) is 18.2 Å². The monoisotopic (exact) mass is 335 g/mol. The van der Waals surface area contributed by atoms with E-state index in [-0.39, 0.29) is 5.75 Å². The molecule has 0 aliphatic heterocycles. The molecule has 0 bridgehead atoms. The molecule has 0 spiro atoms. The highest BCUT2D eigenvalue weighted by Crippen LogP contribution is 2.21. The summed E-state index contributed by atoms with van der Waals surface area (Å²) in [7, 11) is 0. The molecule has 1 atom stereocenters. The molecule has 2 N–H and O–H groups in total. The predicted octanol–water partition coefficient (Wildman–Crippen LogP) is 2.08. The first kappa shape index (κ1) is 15.0. The van der Waals surface area contributed by atoms with Crippen molar-refractivity contribution in [1.29, 1.82) is 0 Å². The quantitative estimate of drug-likeness (QED) is 0.781. The minimum absolute atomic E-state index is 0.0419. The van der Waals surface area contributed by atoms with Gasteiger partial charge in [0.25, 0.3) is 0 Å². The molecule has 1 unspecified atom stereocenters. The Morgan fingerprint density at radius 2 is 2.22 bits per heavy atom. The molecule has 0 saturated heterocycles. The van der Waals surface area contributed by atoms with Gasteiger partial charge >= 0.3 is 5.97 Å². The zero-order valence-electron chi connectivity index (χ0n) is 9.23. The van der Waals surface area contributed by atoms with Crippen LogP contribution in [0.2, 0.25) is 0 Å². The Kier molecular flexibility index (Phi) is 6.14. The molecule has 1 rings (SSSR count). The lowest BCUT2D eigenvalue weighted by Crippen LogP contribution is -2.43. The average molecular weight is 336 g/mol. The predicted molar refractivity (Wildman–Crippen MR) is 70.4 cm³/mol. The number of carbonyl (C=O) groups excluding carboxylic acids is 1. The average Bonchev–Trinajstić information content (AvgIpc) is 2.33. The van der Waals surface area contributed by atoms with Gasteiger partial charge in [0.15, 0.2) is 6.04 Å². The molecule has 98 valence electrons. The number of rotatable bonds is 6. The summed E-state index contributed by atoms with van der Waals surface area (Å²) in [4.78, 5) is 22.8. The van der Waals surface area contributed by atoms with Crippen LogP contribution in [0.3, 0.4) is 0 Å². The van der Waals surface area contributed by atoms with Crippen LogP contribution < -0.4 is 5.32 Å². The Morgan fingerprint density at radius 3 is 2.78 bits per heavy atom. The molecule has 1 aromatic carbocycles. The van der Waals surface area contributed by atoms with Gasteiger partial charge < -0.3 is 10.4 Å². The summed E-state index contributed by atoms with van der Waals surface area (Å²) < 4.78 is 13.2. The summed E-state index contributed by atoms with van der Waals surface area (Å²) in [6.45, 7) is -1.12. The maximum Gasteiger partial charge on any atom is 0.328 e. The molecule has 0 heterocycles. The summed E-state index contributed by atoms with van der Waals surface area (Å²) in [5, 5.41) is 10.7. The van der Waals surface area contributed by atoms with Crippen LogP contribution in [0.1, 0.15) is 0 Å². The number of benzene rings is 1. The van der Waals surface area contributed by atoms with Gasteiger partial charge in [-0.15, -0.1) is 11.8 Å². The first-order valence-electron chi connectivity index (χ1n) is 4.99. The number of carbonyl (C=O) groups is 2. The summed E-state index contributed by atoms with van der Waals surface area (Å²) >= 11 is 4.55. The van der Waals surface area contributed by atoms with E-state index in [1.165, 1.54) is 11.8 Å². The molecule has 1 aromatic rings. The van der Waals surface area contributed by atoms with Crippen LogP contribution in [0.15, 0.2) is 33.6 Å². The molecule has 0 aliphatic rings. The molecule has 18 heavy (non-hydrogen) atoms. The molecule has 0 aromatic heterocycles. The maximum atomic E-state index is 12.3. The number of nitrogens with one attached hydrogen (secondary N) is 1. The van der Waals surface area contributed by atoms with Crippen molar-refractivity contribution in [3.05, 3.63) is 28.7 Å². The molecule has 0 aliphatic carbocycles. The van der Waals surface area contributed by atoms with Crippen LogP contribution >= 0.6 is 27.7 Å². The third-order valence-corrected chi connectivity index (χ3v) is 3.44. The van der Waals surface area contributed by atoms with E-state index in [1.807, 2.05) is 24.3 Å². The molecular weight excluding hydrogens is 325 g/mol. The second kappa shape index (κ2) is 7.38. The molecule has 0 saturated carbocycles. The van der Waals surface area contributed by atoms with Gasteiger partial charge in [-0.25, -0.2) is 9.18 Å². The van der Waals surface area contributed by atoms with Gasteiger partial charge in [0.2, 0.25) is 5.91 Å². The van der Waals surface area contributed by atoms with E-state index in [2.05, 4.69) is 21.2 Å². The van der Waals surface area contributed by atoms with Crippen LogP contribution in [0, 0.1) is 0 Å². The van der Waals surface area contributed by atoms with Gasteiger partial charge in [-0.2, -0.15) is 0 Å². The minimum Gasteiger partial charge on any atom is -0.480 e. The number of aliphatic carboxylic acids is 1. The molecular formula is C11H11BrFNO3S. The van der Waals surface area contributed by atoms with Gasteiger partial charge in [-0.1, -0.05) is 22.0 Å². The van der Waals surface area contributed by atoms with E-state index in [0.29, 0.717) is 0 Å². The Hall–Kier alpha value is -1.08. The van der Waals surface area contributed by atoms with Crippen LogP contribution in [0.4, 0.5) is 4.39 Å². The number of carboxylic acid groups (broad SMARTS) is 1. The van der Waals surface area contributed by atoms with Crippen molar-refractivity contribution in [3.8, 4) is 0 Å². The number of thioether (sulfide) groups is 1. The fraction of sp³-hybridized carbons (Fsp3) is 0.273. The van der Waals surface area contributed by atoms with E-state index in [1.54, 1.807) is 0 Å².